The molecule has 0 saturated heterocycles. The van der Waals surface area contributed by atoms with Crippen LogP contribution in [-0.4, -0.2) is 33.2 Å². The molecule has 0 aliphatic carbocycles. The molecular weight excluding hydrogens is 556 g/mol. The van der Waals surface area contributed by atoms with Crippen LogP contribution >= 0.6 is 35.0 Å². The molecule has 0 bridgehead atoms. The summed E-state index contributed by atoms with van der Waals surface area (Å²) in [5.74, 6) is 0.566. The van der Waals surface area contributed by atoms with E-state index in [1.807, 2.05) is 12.1 Å². The average molecular weight is 577 g/mol. The van der Waals surface area contributed by atoms with Gasteiger partial charge >= 0.3 is 6.18 Å². The Kier molecular flexibility index (Phi) is 9.57. The van der Waals surface area contributed by atoms with Gasteiger partial charge in [0.15, 0.2) is 0 Å². The third-order valence-electron chi connectivity index (χ3n) is 4.91. The van der Waals surface area contributed by atoms with E-state index in [0.717, 1.165) is 17.7 Å². The van der Waals surface area contributed by atoms with Gasteiger partial charge in [0.1, 0.15) is 6.54 Å². The molecule has 0 atom stereocenters. The number of halogens is 5. The second kappa shape index (κ2) is 12.2. The first-order valence-corrected chi connectivity index (χ1v) is 13.9. The van der Waals surface area contributed by atoms with E-state index in [1.165, 1.54) is 24.3 Å². The number of alkyl halides is 3. The van der Waals surface area contributed by atoms with Gasteiger partial charge < -0.3 is 5.32 Å². The Bertz CT molecular complexity index is 1290. The number of hydrogen-bond acceptors (Lipinski definition) is 4. The molecule has 0 aliphatic rings. The van der Waals surface area contributed by atoms with Gasteiger partial charge in [0.05, 0.1) is 21.2 Å². The molecule has 1 amide bonds. The average Bonchev–Trinajstić information content (AvgIpc) is 2.84. The van der Waals surface area contributed by atoms with Crippen molar-refractivity contribution >= 4 is 56.6 Å². The number of benzene rings is 3. The minimum absolute atomic E-state index is 0.167. The van der Waals surface area contributed by atoms with Crippen molar-refractivity contribution in [2.75, 3.05) is 23.1 Å². The van der Waals surface area contributed by atoms with Gasteiger partial charge in [0.2, 0.25) is 5.91 Å². The van der Waals surface area contributed by atoms with Crippen LogP contribution in [0.5, 0.6) is 0 Å². The largest absolute Gasteiger partial charge is 0.417 e. The van der Waals surface area contributed by atoms with E-state index in [-0.39, 0.29) is 17.1 Å². The highest BCUT2D eigenvalue weighted by Crippen LogP contribution is 2.38. The summed E-state index contributed by atoms with van der Waals surface area (Å²) in [6.07, 6.45) is -4.81. The van der Waals surface area contributed by atoms with E-state index in [0.29, 0.717) is 26.9 Å². The predicted octanol–water partition coefficient (Wildman–Crippen LogP) is 6.26. The summed E-state index contributed by atoms with van der Waals surface area (Å²) in [4.78, 5) is 12.5. The van der Waals surface area contributed by atoms with Crippen molar-refractivity contribution in [3.63, 3.8) is 0 Å². The normalized spacial score (nSPS) is 11.8. The lowest BCUT2D eigenvalue weighted by molar-refractivity contribution is -0.137. The van der Waals surface area contributed by atoms with E-state index in [2.05, 4.69) is 5.32 Å². The molecule has 5 nitrogen and oxygen atoms in total. The molecule has 0 spiro atoms. The smallest absolute Gasteiger partial charge is 0.354 e. The summed E-state index contributed by atoms with van der Waals surface area (Å²) in [7, 11) is -4.35. The molecular formula is C24H21Cl2F3N2O3S2. The Labute approximate surface area is 221 Å². The molecule has 0 radical (unpaired) electrons. The first-order valence-electron chi connectivity index (χ1n) is 10.5. The first kappa shape index (κ1) is 28.2. The van der Waals surface area contributed by atoms with Crippen molar-refractivity contribution in [1.29, 1.82) is 0 Å². The highest BCUT2D eigenvalue weighted by atomic mass is 35.5. The fourth-order valence-electron chi connectivity index (χ4n) is 3.14. The third kappa shape index (κ3) is 7.55. The van der Waals surface area contributed by atoms with Crippen LogP contribution in [0.15, 0.2) is 77.7 Å². The fraction of sp³-hybridized carbons (Fsp3) is 0.208. The standard InChI is InChI=1S/C24H21Cl2F3N2O3S2/c25-18-8-6-17(7-9-18)16-35-13-12-30-23(32)15-31(36(33,34)20-4-2-1-3-5-20)19-10-11-22(26)21(14-19)24(27,28)29/h1-11,14H,12-13,15-16H2,(H,30,32). The maximum Gasteiger partial charge on any atom is 0.417 e. The molecule has 0 unspecified atom stereocenters. The van der Waals surface area contributed by atoms with Gasteiger partial charge in [-0.3, -0.25) is 9.10 Å². The molecule has 1 N–H and O–H groups in total. The summed E-state index contributed by atoms with van der Waals surface area (Å²) >= 11 is 13.1. The molecule has 0 fully saturated rings. The number of thioether (sulfide) groups is 1. The first-order chi connectivity index (χ1) is 17.0. The number of rotatable bonds is 10. The van der Waals surface area contributed by atoms with E-state index >= 15 is 0 Å². The van der Waals surface area contributed by atoms with E-state index in [9.17, 15) is 26.4 Å². The van der Waals surface area contributed by atoms with E-state index in [1.54, 1.807) is 30.0 Å². The van der Waals surface area contributed by atoms with Crippen LogP contribution in [0.2, 0.25) is 10.0 Å². The zero-order valence-electron chi connectivity index (χ0n) is 18.6. The summed E-state index contributed by atoms with van der Waals surface area (Å²) in [6.45, 7) is -0.470. The number of hydrogen-bond donors (Lipinski definition) is 1. The Morgan fingerprint density at radius 1 is 0.972 bits per heavy atom. The fourth-order valence-corrected chi connectivity index (χ4v) is 5.74. The number of carbonyl (C=O) groups excluding carboxylic acids is 1. The topological polar surface area (TPSA) is 66.5 Å². The van der Waals surface area contributed by atoms with Gasteiger partial charge in [-0.2, -0.15) is 24.9 Å². The number of carbonyl (C=O) groups is 1. The number of anilines is 1. The molecule has 3 aromatic rings. The van der Waals surface area contributed by atoms with Crippen molar-refractivity contribution in [2.24, 2.45) is 0 Å². The van der Waals surface area contributed by atoms with Crippen LogP contribution in [0.4, 0.5) is 18.9 Å². The summed E-state index contributed by atoms with van der Waals surface area (Å²) < 4.78 is 67.5. The van der Waals surface area contributed by atoms with Crippen molar-refractivity contribution in [3.8, 4) is 0 Å². The van der Waals surface area contributed by atoms with Crippen LogP contribution in [0.1, 0.15) is 11.1 Å². The molecule has 36 heavy (non-hydrogen) atoms. The zero-order chi connectivity index (χ0) is 26.3. The maximum absolute atomic E-state index is 13.4. The SMILES string of the molecule is O=C(CN(c1ccc(Cl)c(C(F)(F)F)c1)S(=O)(=O)c1ccccc1)NCCSCc1ccc(Cl)cc1. The second-order valence-corrected chi connectivity index (χ2v) is 11.3. The van der Waals surface area contributed by atoms with Crippen molar-refractivity contribution < 1.29 is 26.4 Å². The minimum atomic E-state index is -4.81. The molecule has 192 valence electrons. The van der Waals surface area contributed by atoms with Gasteiger partial charge in [-0.25, -0.2) is 8.42 Å². The Hall–Kier alpha value is -2.40. The van der Waals surface area contributed by atoms with Crippen LogP contribution in [0, 0.1) is 0 Å². The van der Waals surface area contributed by atoms with Crippen LogP contribution < -0.4 is 9.62 Å². The second-order valence-electron chi connectivity index (χ2n) is 7.52. The molecule has 0 aromatic heterocycles. The Morgan fingerprint density at radius 2 is 1.64 bits per heavy atom. The quantitative estimate of drug-likeness (QED) is 0.289. The highest BCUT2D eigenvalue weighted by molar-refractivity contribution is 7.98. The molecule has 3 rings (SSSR count). The molecule has 12 heteroatoms. The monoisotopic (exact) mass is 576 g/mol. The number of sulfonamides is 1. The lowest BCUT2D eigenvalue weighted by atomic mass is 10.2. The molecule has 0 heterocycles. The van der Waals surface area contributed by atoms with Crippen molar-refractivity contribution in [3.05, 3.63) is 94.0 Å². The maximum atomic E-state index is 13.4. The molecule has 3 aromatic carbocycles. The highest BCUT2D eigenvalue weighted by Gasteiger charge is 2.35. The Balaban J connectivity index is 1.73. The van der Waals surface area contributed by atoms with Crippen LogP contribution in [-0.2, 0) is 26.7 Å². The number of amides is 1. The van der Waals surface area contributed by atoms with Gasteiger partial charge in [-0.05, 0) is 48.0 Å². The Morgan fingerprint density at radius 3 is 2.28 bits per heavy atom. The zero-order valence-corrected chi connectivity index (χ0v) is 21.8. The minimum Gasteiger partial charge on any atom is -0.354 e. The van der Waals surface area contributed by atoms with Gasteiger partial charge in [0.25, 0.3) is 10.0 Å². The van der Waals surface area contributed by atoms with Gasteiger partial charge in [0, 0.05) is 23.1 Å². The number of nitrogens with zero attached hydrogens (tertiary/aromatic N) is 1. The van der Waals surface area contributed by atoms with Crippen LogP contribution in [0.3, 0.4) is 0 Å². The third-order valence-corrected chi connectivity index (χ3v) is 8.31. The lowest BCUT2D eigenvalue weighted by Crippen LogP contribution is -2.41. The van der Waals surface area contributed by atoms with Gasteiger partial charge in [-0.15, -0.1) is 0 Å². The van der Waals surface area contributed by atoms with Crippen molar-refractivity contribution in [1.82, 2.24) is 5.32 Å². The van der Waals surface area contributed by atoms with Crippen molar-refractivity contribution in [2.45, 2.75) is 16.8 Å². The number of nitrogens with one attached hydrogen (secondary N) is 1. The lowest BCUT2D eigenvalue weighted by Gasteiger charge is -2.25. The molecule has 0 aliphatic heterocycles. The van der Waals surface area contributed by atoms with Crippen LogP contribution in [0.25, 0.3) is 0 Å². The summed E-state index contributed by atoms with van der Waals surface area (Å²) in [5, 5.41) is 2.68. The van der Waals surface area contributed by atoms with Gasteiger partial charge in [-0.1, -0.05) is 53.5 Å². The summed E-state index contributed by atoms with van der Waals surface area (Å²) in [6, 6.07) is 17.2. The molecule has 0 saturated carbocycles. The van der Waals surface area contributed by atoms with E-state index in [4.69, 9.17) is 23.2 Å². The predicted molar refractivity (Wildman–Crippen MR) is 138 cm³/mol. The summed E-state index contributed by atoms with van der Waals surface area (Å²) in [5.41, 5.74) is -0.476. The van der Waals surface area contributed by atoms with E-state index < -0.39 is 39.2 Å².